The molecular formula is C9H12F2N2O. The molecule has 1 aromatic rings. The predicted octanol–water partition coefficient (Wildman–Crippen LogP) is 2.08. The second kappa shape index (κ2) is 4.74. The van der Waals surface area contributed by atoms with Gasteiger partial charge in [-0.05, 0) is 13.0 Å². The molecule has 1 aromatic heterocycles. The molecule has 1 heterocycles. The van der Waals surface area contributed by atoms with Crippen LogP contribution in [0.5, 0.6) is 5.88 Å². The first-order valence-corrected chi connectivity index (χ1v) is 4.20. The fraction of sp³-hybridized carbons (Fsp3) is 0.444. The lowest BCUT2D eigenvalue weighted by Crippen LogP contribution is -2.08. The number of aryl methyl sites for hydroxylation is 1. The van der Waals surface area contributed by atoms with Gasteiger partial charge in [0.05, 0.1) is 11.4 Å². The van der Waals surface area contributed by atoms with Crippen LogP contribution in [0.15, 0.2) is 12.1 Å². The third-order valence-electron chi connectivity index (χ3n) is 1.69. The maximum absolute atomic E-state index is 11.8. The second-order valence-electron chi connectivity index (χ2n) is 2.73. The first-order chi connectivity index (χ1) is 6.63. The third-order valence-corrected chi connectivity index (χ3v) is 1.69. The van der Waals surface area contributed by atoms with Gasteiger partial charge < -0.3 is 10.1 Å². The summed E-state index contributed by atoms with van der Waals surface area (Å²) in [6.07, 6.45) is -2.47. The Labute approximate surface area is 81.1 Å². The lowest BCUT2D eigenvalue weighted by Gasteiger charge is -2.07. The molecule has 14 heavy (non-hydrogen) atoms. The molecule has 0 saturated carbocycles. The summed E-state index contributed by atoms with van der Waals surface area (Å²) in [5, 5.41) is 2.92. The SMILES string of the molecule is CNc1ccc(OCC(F)F)nc1C. The van der Waals surface area contributed by atoms with Crippen molar-refractivity contribution in [3.8, 4) is 5.88 Å². The smallest absolute Gasteiger partial charge is 0.272 e. The molecule has 3 nitrogen and oxygen atoms in total. The van der Waals surface area contributed by atoms with Gasteiger partial charge in [0.2, 0.25) is 5.88 Å². The summed E-state index contributed by atoms with van der Waals surface area (Å²) in [6.45, 7) is 1.16. The highest BCUT2D eigenvalue weighted by Gasteiger charge is 2.05. The molecule has 0 aliphatic rings. The number of rotatable bonds is 4. The summed E-state index contributed by atoms with van der Waals surface area (Å²) in [5.41, 5.74) is 1.58. The summed E-state index contributed by atoms with van der Waals surface area (Å²) in [4.78, 5) is 4.00. The number of anilines is 1. The van der Waals surface area contributed by atoms with Gasteiger partial charge in [-0.25, -0.2) is 13.8 Å². The minimum Gasteiger partial charge on any atom is -0.472 e. The van der Waals surface area contributed by atoms with E-state index in [0.717, 1.165) is 11.4 Å². The van der Waals surface area contributed by atoms with E-state index < -0.39 is 13.0 Å². The molecule has 1 rings (SSSR count). The van der Waals surface area contributed by atoms with Crippen molar-refractivity contribution < 1.29 is 13.5 Å². The van der Waals surface area contributed by atoms with E-state index in [-0.39, 0.29) is 5.88 Å². The van der Waals surface area contributed by atoms with Gasteiger partial charge >= 0.3 is 0 Å². The standard InChI is InChI=1S/C9H12F2N2O/c1-6-7(12-2)3-4-9(13-6)14-5-8(10)11/h3-4,8,12H,5H2,1-2H3. The van der Waals surface area contributed by atoms with Crippen molar-refractivity contribution in [3.05, 3.63) is 17.8 Å². The lowest BCUT2D eigenvalue weighted by atomic mass is 10.3. The van der Waals surface area contributed by atoms with Crippen LogP contribution < -0.4 is 10.1 Å². The molecule has 0 fully saturated rings. The van der Waals surface area contributed by atoms with E-state index >= 15 is 0 Å². The molecule has 0 aromatic carbocycles. The first kappa shape index (κ1) is 10.7. The average molecular weight is 202 g/mol. The lowest BCUT2D eigenvalue weighted by molar-refractivity contribution is 0.0795. The van der Waals surface area contributed by atoms with Gasteiger partial charge in [0, 0.05) is 13.1 Å². The number of pyridine rings is 1. The molecule has 0 radical (unpaired) electrons. The number of ether oxygens (including phenoxy) is 1. The van der Waals surface area contributed by atoms with Gasteiger partial charge in [0.15, 0.2) is 6.61 Å². The zero-order valence-electron chi connectivity index (χ0n) is 8.05. The Morgan fingerprint density at radius 3 is 2.71 bits per heavy atom. The van der Waals surface area contributed by atoms with E-state index in [1.807, 2.05) is 0 Å². The van der Waals surface area contributed by atoms with E-state index in [1.165, 1.54) is 0 Å². The summed E-state index contributed by atoms with van der Waals surface area (Å²) < 4.78 is 28.4. The molecule has 0 atom stereocenters. The van der Waals surface area contributed by atoms with Crippen LogP contribution in [0.1, 0.15) is 5.69 Å². The summed E-state index contributed by atoms with van der Waals surface area (Å²) in [7, 11) is 1.77. The Kier molecular flexibility index (Phi) is 3.62. The number of alkyl halides is 2. The summed E-state index contributed by atoms with van der Waals surface area (Å²) in [5.74, 6) is 0.224. The number of nitrogens with one attached hydrogen (secondary N) is 1. The molecule has 0 aliphatic heterocycles. The van der Waals surface area contributed by atoms with Gasteiger partial charge in [-0.1, -0.05) is 0 Å². The molecular weight excluding hydrogens is 190 g/mol. The fourth-order valence-corrected chi connectivity index (χ4v) is 1.03. The number of aromatic nitrogens is 1. The number of hydrogen-bond acceptors (Lipinski definition) is 3. The minimum absolute atomic E-state index is 0.224. The summed E-state index contributed by atoms with van der Waals surface area (Å²) >= 11 is 0. The fourth-order valence-electron chi connectivity index (χ4n) is 1.03. The van der Waals surface area contributed by atoms with Crippen LogP contribution in [0.4, 0.5) is 14.5 Å². The van der Waals surface area contributed by atoms with Gasteiger partial charge in [-0.15, -0.1) is 0 Å². The van der Waals surface area contributed by atoms with E-state index in [4.69, 9.17) is 4.74 Å². The maximum Gasteiger partial charge on any atom is 0.272 e. The normalized spacial score (nSPS) is 10.4. The second-order valence-corrected chi connectivity index (χ2v) is 2.73. The quantitative estimate of drug-likeness (QED) is 0.811. The molecule has 0 spiro atoms. The van der Waals surface area contributed by atoms with Crippen LogP contribution >= 0.6 is 0 Å². The Morgan fingerprint density at radius 1 is 1.50 bits per heavy atom. The van der Waals surface area contributed by atoms with Crippen molar-refractivity contribution in [1.82, 2.24) is 4.98 Å². The zero-order valence-corrected chi connectivity index (χ0v) is 8.05. The molecule has 78 valence electrons. The van der Waals surface area contributed by atoms with E-state index in [0.29, 0.717) is 0 Å². The average Bonchev–Trinajstić information content (AvgIpc) is 2.15. The highest BCUT2D eigenvalue weighted by atomic mass is 19.3. The predicted molar refractivity (Wildman–Crippen MR) is 50.0 cm³/mol. The highest BCUT2D eigenvalue weighted by Crippen LogP contribution is 2.16. The minimum atomic E-state index is -2.47. The highest BCUT2D eigenvalue weighted by molar-refractivity contribution is 5.47. The Hall–Kier alpha value is -1.39. The van der Waals surface area contributed by atoms with Crippen molar-refractivity contribution in [2.24, 2.45) is 0 Å². The monoisotopic (exact) mass is 202 g/mol. The largest absolute Gasteiger partial charge is 0.472 e. The molecule has 0 bridgehead atoms. The van der Waals surface area contributed by atoms with Gasteiger partial charge in [0.25, 0.3) is 6.43 Å². The van der Waals surface area contributed by atoms with Gasteiger partial charge in [0.1, 0.15) is 0 Å². The molecule has 0 unspecified atom stereocenters. The molecule has 1 N–H and O–H groups in total. The van der Waals surface area contributed by atoms with Crippen LogP contribution in [-0.2, 0) is 0 Å². The summed E-state index contributed by atoms with van der Waals surface area (Å²) in [6, 6.07) is 3.30. The van der Waals surface area contributed by atoms with Gasteiger partial charge in [-0.3, -0.25) is 0 Å². The Morgan fingerprint density at radius 2 is 2.21 bits per heavy atom. The van der Waals surface area contributed by atoms with Crippen LogP contribution in [0.2, 0.25) is 0 Å². The van der Waals surface area contributed by atoms with Crippen LogP contribution in [0.3, 0.4) is 0 Å². The van der Waals surface area contributed by atoms with Crippen molar-refractivity contribution in [2.45, 2.75) is 13.3 Å². The zero-order chi connectivity index (χ0) is 10.6. The van der Waals surface area contributed by atoms with Crippen molar-refractivity contribution >= 4 is 5.69 Å². The van der Waals surface area contributed by atoms with Gasteiger partial charge in [-0.2, -0.15) is 0 Å². The van der Waals surface area contributed by atoms with E-state index in [2.05, 4.69) is 10.3 Å². The maximum atomic E-state index is 11.8. The van der Waals surface area contributed by atoms with Crippen LogP contribution in [0.25, 0.3) is 0 Å². The van der Waals surface area contributed by atoms with Crippen LogP contribution in [-0.4, -0.2) is 25.1 Å². The molecule has 5 heteroatoms. The first-order valence-electron chi connectivity index (χ1n) is 4.20. The molecule has 0 aliphatic carbocycles. The van der Waals surface area contributed by atoms with Crippen molar-refractivity contribution in [1.29, 1.82) is 0 Å². The van der Waals surface area contributed by atoms with Crippen molar-refractivity contribution in [3.63, 3.8) is 0 Å². The Bertz CT molecular complexity index is 305. The number of halogens is 2. The van der Waals surface area contributed by atoms with Crippen LogP contribution in [0, 0.1) is 6.92 Å². The van der Waals surface area contributed by atoms with E-state index in [9.17, 15) is 8.78 Å². The van der Waals surface area contributed by atoms with Crippen molar-refractivity contribution in [2.75, 3.05) is 19.0 Å². The third kappa shape index (κ3) is 2.83. The number of nitrogens with zero attached hydrogens (tertiary/aromatic N) is 1. The Balaban J connectivity index is 2.66. The topological polar surface area (TPSA) is 34.1 Å². The molecule has 0 saturated heterocycles. The van der Waals surface area contributed by atoms with E-state index in [1.54, 1.807) is 26.1 Å². The molecule has 0 amide bonds. The number of hydrogen-bond donors (Lipinski definition) is 1.